The van der Waals surface area contributed by atoms with Gasteiger partial charge in [0.05, 0.1) is 17.8 Å². The van der Waals surface area contributed by atoms with Crippen LogP contribution in [0.4, 0.5) is 5.69 Å². The molecule has 1 heterocycles. The van der Waals surface area contributed by atoms with Crippen molar-refractivity contribution in [1.29, 1.82) is 0 Å². The molecule has 0 aliphatic rings. The van der Waals surface area contributed by atoms with Gasteiger partial charge in [0.2, 0.25) is 5.91 Å². The van der Waals surface area contributed by atoms with Gasteiger partial charge in [-0.3, -0.25) is 4.79 Å². The molecular weight excluding hydrogens is 372 g/mol. The van der Waals surface area contributed by atoms with E-state index >= 15 is 0 Å². The van der Waals surface area contributed by atoms with E-state index in [0.29, 0.717) is 0 Å². The minimum atomic E-state index is -0.0713. The molecule has 0 radical (unpaired) electrons. The van der Waals surface area contributed by atoms with E-state index in [0.717, 1.165) is 26.4 Å². The van der Waals surface area contributed by atoms with Gasteiger partial charge >= 0.3 is 0 Å². The summed E-state index contributed by atoms with van der Waals surface area (Å²) in [7, 11) is 0. The number of hydrogen-bond acceptors (Lipinski definition) is 3. The number of para-hydroxylation sites is 1. The predicted octanol–water partition coefficient (Wildman–Crippen LogP) is 5.06. The fraction of sp³-hybridized carbons (Fsp3) is 0.111. The summed E-state index contributed by atoms with van der Waals surface area (Å²) in [5, 5.41) is 5.78. The Hall–Kier alpha value is -1.98. The zero-order chi connectivity index (χ0) is 16.2. The van der Waals surface area contributed by atoms with Crippen molar-refractivity contribution in [2.45, 2.75) is 13.3 Å². The number of thiazole rings is 1. The van der Waals surface area contributed by atoms with E-state index in [-0.39, 0.29) is 12.3 Å². The van der Waals surface area contributed by atoms with Crippen molar-refractivity contribution in [2.24, 2.45) is 0 Å². The van der Waals surface area contributed by atoms with Gasteiger partial charge in [0.25, 0.3) is 0 Å². The number of carbonyl (C=O) groups is 1. The van der Waals surface area contributed by atoms with Crippen LogP contribution in [0.25, 0.3) is 10.6 Å². The number of amides is 1. The lowest BCUT2D eigenvalue weighted by molar-refractivity contribution is -0.115. The molecule has 3 rings (SSSR count). The minimum Gasteiger partial charge on any atom is -0.325 e. The highest BCUT2D eigenvalue weighted by Crippen LogP contribution is 2.25. The van der Waals surface area contributed by atoms with Crippen LogP contribution in [0, 0.1) is 6.92 Å². The van der Waals surface area contributed by atoms with Crippen LogP contribution in [0.1, 0.15) is 11.3 Å². The van der Waals surface area contributed by atoms with Crippen molar-refractivity contribution < 1.29 is 4.79 Å². The Balaban J connectivity index is 1.69. The standard InChI is InChI=1S/C18H15BrN2OS/c1-12-5-4-6-13(9-12)18-20-14(11-23-18)10-17(22)21-16-8-3-2-7-15(16)19/h2-9,11H,10H2,1H3,(H,21,22). The molecule has 1 N–H and O–H groups in total. The molecule has 0 fully saturated rings. The Labute approximate surface area is 147 Å². The van der Waals surface area contributed by atoms with Crippen LogP contribution in [0.5, 0.6) is 0 Å². The maximum Gasteiger partial charge on any atom is 0.230 e. The van der Waals surface area contributed by atoms with Gasteiger partial charge in [0.1, 0.15) is 5.01 Å². The van der Waals surface area contributed by atoms with E-state index in [1.165, 1.54) is 5.56 Å². The van der Waals surface area contributed by atoms with E-state index in [1.54, 1.807) is 11.3 Å². The normalized spacial score (nSPS) is 10.5. The molecule has 2 aromatic carbocycles. The van der Waals surface area contributed by atoms with Crippen molar-refractivity contribution in [3.05, 3.63) is 69.6 Å². The quantitative estimate of drug-likeness (QED) is 0.680. The molecule has 3 aromatic rings. The number of halogens is 1. The minimum absolute atomic E-state index is 0.0713. The molecule has 0 saturated carbocycles. The Kier molecular flexibility index (Phi) is 4.88. The Morgan fingerprint density at radius 1 is 1.22 bits per heavy atom. The molecule has 0 bridgehead atoms. The molecule has 0 spiro atoms. The second-order valence-corrected chi connectivity index (χ2v) is 6.93. The average molecular weight is 387 g/mol. The van der Waals surface area contributed by atoms with Gasteiger partial charge in [-0.25, -0.2) is 4.98 Å². The monoisotopic (exact) mass is 386 g/mol. The molecule has 1 amide bonds. The molecule has 3 nitrogen and oxygen atoms in total. The molecule has 0 saturated heterocycles. The van der Waals surface area contributed by atoms with Gasteiger partial charge in [-0.15, -0.1) is 11.3 Å². The summed E-state index contributed by atoms with van der Waals surface area (Å²) in [6.07, 6.45) is 0.268. The average Bonchev–Trinajstić information content (AvgIpc) is 2.98. The third kappa shape index (κ3) is 4.06. The SMILES string of the molecule is Cc1cccc(-c2nc(CC(=O)Nc3ccccc3Br)cs2)c1. The van der Waals surface area contributed by atoms with Gasteiger partial charge in [-0.1, -0.05) is 35.9 Å². The third-order valence-corrected chi connectivity index (χ3v) is 4.94. The molecule has 5 heteroatoms. The summed E-state index contributed by atoms with van der Waals surface area (Å²) < 4.78 is 0.868. The first-order valence-corrected chi connectivity index (χ1v) is 8.85. The maximum atomic E-state index is 12.2. The molecule has 0 aliphatic heterocycles. The van der Waals surface area contributed by atoms with Gasteiger partial charge in [-0.2, -0.15) is 0 Å². The molecule has 23 heavy (non-hydrogen) atoms. The lowest BCUT2D eigenvalue weighted by atomic mass is 10.1. The first-order valence-electron chi connectivity index (χ1n) is 7.17. The maximum absolute atomic E-state index is 12.2. The lowest BCUT2D eigenvalue weighted by Gasteiger charge is -2.05. The number of carbonyl (C=O) groups excluding carboxylic acids is 1. The van der Waals surface area contributed by atoms with Crippen LogP contribution < -0.4 is 5.32 Å². The number of aryl methyl sites for hydroxylation is 1. The molecular formula is C18H15BrN2OS. The fourth-order valence-corrected chi connectivity index (χ4v) is 3.42. The molecule has 1 aromatic heterocycles. The van der Waals surface area contributed by atoms with Crippen molar-refractivity contribution in [3.63, 3.8) is 0 Å². The van der Waals surface area contributed by atoms with Crippen molar-refractivity contribution in [1.82, 2.24) is 4.98 Å². The number of anilines is 1. The van der Waals surface area contributed by atoms with Crippen LogP contribution in [0.15, 0.2) is 58.4 Å². The highest BCUT2D eigenvalue weighted by Gasteiger charge is 2.10. The first-order chi connectivity index (χ1) is 11.1. The second kappa shape index (κ2) is 7.06. The summed E-state index contributed by atoms with van der Waals surface area (Å²) in [6, 6.07) is 15.8. The van der Waals surface area contributed by atoms with Crippen LogP contribution >= 0.6 is 27.3 Å². The zero-order valence-electron chi connectivity index (χ0n) is 12.5. The van der Waals surface area contributed by atoms with Crippen LogP contribution in [-0.2, 0) is 11.2 Å². The molecule has 116 valence electrons. The summed E-state index contributed by atoms with van der Waals surface area (Å²) >= 11 is 4.99. The van der Waals surface area contributed by atoms with E-state index in [4.69, 9.17) is 0 Å². The number of nitrogens with zero attached hydrogens (tertiary/aromatic N) is 1. The number of benzene rings is 2. The van der Waals surface area contributed by atoms with Gasteiger partial charge < -0.3 is 5.32 Å². The van der Waals surface area contributed by atoms with E-state index in [1.807, 2.05) is 41.8 Å². The van der Waals surface area contributed by atoms with Gasteiger partial charge in [-0.05, 0) is 41.1 Å². The predicted molar refractivity (Wildman–Crippen MR) is 98.8 cm³/mol. The van der Waals surface area contributed by atoms with Crippen LogP contribution in [0.3, 0.4) is 0 Å². The smallest absolute Gasteiger partial charge is 0.230 e. The third-order valence-electron chi connectivity index (χ3n) is 3.31. The first kappa shape index (κ1) is 15.9. The summed E-state index contributed by atoms with van der Waals surface area (Å²) in [5.41, 5.74) is 3.85. The van der Waals surface area contributed by atoms with Crippen molar-refractivity contribution in [2.75, 3.05) is 5.32 Å². The van der Waals surface area contributed by atoms with Crippen molar-refractivity contribution in [3.8, 4) is 10.6 Å². The zero-order valence-corrected chi connectivity index (χ0v) is 14.9. The van der Waals surface area contributed by atoms with Crippen LogP contribution in [-0.4, -0.2) is 10.9 Å². The van der Waals surface area contributed by atoms with Crippen LogP contribution in [0.2, 0.25) is 0 Å². The highest BCUT2D eigenvalue weighted by molar-refractivity contribution is 9.10. The highest BCUT2D eigenvalue weighted by atomic mass is 79.9. The summed E-state index contributed by atoms with van der Waals surface area (Å²) in [5.74, 6) is -0.0713. The summed E-state index contributed by atoms with van der Waals surface area (Å²) in [6.45, 7) is 2.06. The molecule has 0 atom stereocenters. The lowest BCUT2D eigenvalue weighted by Crippen LogP contribution is -2.14. The van der Waals surface area contributed by atoms with E-state index < -0.39 is 0 Å². The largest absolute Gasteiger partial charge is 0.325 e. The van der Waals surface area contributed by atoms with Gasteiger partial charge in [0.15, 0.2) is 0 Å². The number of nitrogens with one attached hydrogen (secondary N) is 1. The Morgan fingerprint density at radius 2 is 2.04 bits per heavy atom. The molecule has 0 unspecified atom stereocenters. The second-order valence-electron chi connectivity index (χ2n) is 5.22. The molecule has 0 aliphatic carbocycles. The fourth-order valence-electron chi connectivity index (χ4n) is 2.22. The topological polar surface area (TPSA) is 42.0 Å². The number of hydrogen-bond donors (Lipinski definition) is 1. The Morgan fingerprint density at radius 3 is 2.83 bits per heavy atom. The number of rotatable bonds is 4. The number of aromatic nitrogens is 1. The van der Waals surface area contributed by atoms with Gasteiger partial charge in [0, 0.05) is 15.4 Å². The van der Waals surface area contributed by atoms with Crippen molar-refractivity contribution >= 4 is 38.9 Å². The Bertz CT molecular complexity index is 844. The van der Waals surface area contributed by atoms with E-state index in [2.05, 4.69) is 45.3 Å². The van der Waals surface area contributed by atoms with E-state index in [9.17, 15) is 4.79 Å². The summed E-state index contributed by atoms with van der Waals surface area (Å²) in [4.78, 5) is 16.7.